The standard InChI is InChI=1S/C29H36FN3O5/c30-20-11-18-26-28(25(20)32-10-8-15-5-3-4-9-31-15)38-24-12-17-16-6-1-2-7-22(16)37-23(17)13-21(24)33(26)14-19(27(18)34)29(35)36/h3-5,9,14,16-18,20-26,28,32H,1-2,6-8,10-13H2,(H,35,36). The Morgan fingerprint density at radius 2 is 1.97 bits per heavy atom. The van der Waals surface area contributed by atoms with Gasteiger partial charge in [0.05, 0.1) is 42.5 Å². The van der Waals surface area contributed by atoms with E-state index in [0.717, 1.165) is 25.0 Å². The van der Waals surface area contributed by atoms with Crippen LogP contribution in [-0.4, -0.2) is 82.0 Å². The number of halogens is 1. The Bertz CT molecular complexity index is 1120. The number of aliphatic carboxylic acids is 1. The SMILES string of the molecule is O=C(O)C1=CN2C3CC4OC5CCCCC5C4CC3OC3C(NCCc4ccccn4)C(F)CC(C1=O)C32. The molecule has 6 aliphatic rings. The highest BCUT2D eigenvalue weighted by molar-refractivity contribution is 6.18. The van der Waals surface area contributed by atoms with Crippen LogP contribution in [-0.2, 0) is 25.5 Å². The summed E-state index contributed by atoms with van der Waals surface area (Å²) < 4.78 is 29.1. The first-order chi connectivity index (χ1) is 18.5. The van der Waals surface area contributed by atoms with Crippen LogP contribution < -0.4 is 5.32 Å². The fraction of sp³-hybridized carbons (Fsp3) is 0.690. The summed E-state index contributed by atoms with van der Waals surface area (Å²) in [6, 6.07) is 4.73. The Hall–Kier alpha value is -2.36. The molecule has 204 valence electrons. The average molecular weight is 526 g/mol. The van der Waals surface area contributed by atoms with E-state index in [-0.39, 0.29) is 36.3 Å². The first-order valence-corrected chi connectivity index (χ1v) is 14.3. The number of fused-ring (bicyclic) bond motifs is 5. The van der Waals surface area contributed by atoms with E-state index in [1.807, 2.05) is 18.2 Å². The number of carboxylic acid groups (broad SMARTS) is 1. The molecule has 0 aromatic carbocycles. The van der Waals surface area contributed by atoms with Gasteiger partial charge in [0, 0.05) is 37.0 Å². The van der Waals surface area contributed by atoms with Gasteiger partial charge in [0.25, 0.3) is 0 Å². The highest BCUT2D eigenvalue weighted by atomic mass is 19.1. The van der Waals surface area contributed by atoms with E-state index in [2.05, 4.69) is 15.2 Å². The Labute approximate surface area is 222 Å². The minimum absolute atomic E-state index is 0.00414. The minimum atomic E-state index is -1.31. The number of ether oxygens (including phenoxy) is 2. The summed E-state index contributed by atoms with van der Waals surface area (Å²) in [5.41, 5.74) is 0.696. The van der Waals surface area contributed by atoms with E-state index >= 15 is 4.39 Å². The first kappa shape index (κ1) is 24.7. The Morgan fingerprint density at radius 1 is 1.11 bits per heavy atom. The van der Waals surface area contributed by atoms with Crippen LogP contribution in [0.15, 0.2) is 36.2 Å². The molecule has 9 heteroatoms. The number of nitrogens with zero attached hydrogens (tertiary/aromatic N) is 2. The second kappa shape index (κ2) is 9.68. The number of nitrogens with one attached hydrogen (secondary N) is 1. The molecule has 4 heterocycles. The third-order valence-corrected chi connectivity index (χ3v) is 10.2. The van der Waals surface area contributed by atoms with Crippen LogP contribution >= 0.6 is 0 Å². The van der Waals surface area contributed by atoms with Crippen molar-refractivity contribution in [2.75, 3.05) is 6.54 Å². The Balaban J connectivity index is 1.18. The minimum Gasteiger partial charge on any atom is -0.478 e. The van der Waals surface area contributed by atoms with Gasteiger partial charge >= 0.3 is 5.97 Å². The van der Waals surface area contributed by atoms with Crippen molar-refractivity contribution >= 4 is 11.8 Å². The van der Waals surface area contributed by atoms with Crippen LogP contribution in [0.2, 0.25) is 0 Å². The van der Waals surface area contributed by atoms with Crippen LogP contribution in [0, 0.1) is 17.8 Å². The van der Waals surface area contributed by atoms with Gasteiger partial charge in [0.15, 0.2) is 5.78 Å². The van der Waals surface area contributed by atoms with Crippen molar-refractivity contribution in [2.45, 2.75) is 100 Å². The molecular formula is C29H36FN3O5. The summed E-state index contributed by atoms with van der Waals surface area (Å²) in [6.07, 6.45) is 8.72. The van der Waals surface area contributed by atoms with Gasteiger partial charge in [-0.1, -0.05) is 18.9 Å². The summed E-state index contributed by atoms with van der Waals surface area (Å²) in [7, 11) is 0. The predicted octanol–water partition coefficient (Wildman–Crippen LogP) is 2.67. The molecule has 3 saturated carbocycles. The number of carbonyl (C=O) groups is 2. The number of alkyl halides is 1. The maximum Gasteiger partial charge on any atom is 0.340 e. The molecule has 1 aromatic rings. The summed E-state index contributed by atoms with van der Waals surface area (Å²) in [4.78, 5) is 31.7. The van der Waals surface area contributed by atoms with E-state index in [1.54, 1.807) is 12.4 Å². The summed E-state index contributed by atoms with van der Waals surface area (Å²) >= 11 is 0. The van der Waals surface area contributed by atoms with E-state index in [4.69, 9.17) is 9.47 Å². The van der Waals surface area contributed by atoms with Crippen LogP contribution in [0.1, 0.15) is 50.6 Å². The lowest BCUT2D eigenvalue weighted by Crippen LogP contribution is -2.73. The van der Waals surface area contributed by atoms with Crippen LogP contribution in [0.25, 0.3) is 0 Å². The normalized spacial score (nSPS) is 43.4. The molecule has 0 spiro atoms. The zero-order chi connectivity index (χ0) is 26.0. The predicted molar refractivity (Wildman–Crippen MR) is 135 cm³/mol. The smallest absolute Gasteiger partial charge is 0.340 e. The molecule has 0 radical (unpaired) electrons. The second-order valence-electron chi connectivity index (χ2n) is 12.1. The van der Waals surface area contributed by atoms with Crippen molar-refractivity contribution in [2.24, 2.45) is 17.8 Å². The van der Waals surface area contributed by atoms with Crippen molar-refractivity contribution in [3.8, 4) is 0 Å². The third kappa shape index (κ3) is 4.00. The highest BCUT2D eigenvalue weighted by Crippen LogP contribution is 2.52. The number of Topliss-reactive ketones (excluding diaryl/α,β-unsaturated/α-hetero) is 1. The van der Waals surface area contributed by atoms with Crippen molar-refractivity contribution in [1.82, 2.24) is 15.2 Å². The molecule has 0 amide bonds. The van der Waals surface area contributed by atoms with Gasteiger partial charge in [0.2, 0.25) is 0 Å². The molecule has 2 N–H and O–H groups in total. The lowest BCUT2D eigenvalue weighted by atomic mass is 9.67. The van der Waals surface area contributed by atoms with Crippen molar-refractivity contribution < 1.29 is 28.6 Å². The molecular weight excluding hydrogens is 489 g/mol. The number of rotatable bonds is 5. The van der Waals surface area contributed by atoms with Gasteiger partial charge in [-0.2, -0.15) is 0 Å². The fourth-order valence-electron chi connectivity index (χ4n) is 8.53. The van der Waals surface area contributed by atoms with Gasteiger partial charge in [0.1, 0.15) is 11.7 Å². The molecule has 1 aromatic heterocycles. The number of ketones is 1. The number of carbonyl (C=O) groups excluding carboxylic acids is 1. The zero-order valence-electron chi connectivity index (χ0n) is 21.5. The monoisotopic (exact) mass is 525 g/mol. The topological polar surface area (TPSA) is 101 Å². The van der Waals surface area contributed by atoms with E-state index in [9.17, 15) is 14.7 Å². The first-order valence-electron chi connectivity index (χ1n) is 14.3. The maximum absolute atomic E-state index is 15.8. The number of morpholine rings is 1. The number of aromatic nitrogens is 1. The Kier molecular flexibility index (Phi) is 6.28. The molecule has 11 unspecified atom stereocenters. The van der Waals surface area contributed by atoms with Crippen LogP contribution in [0.4, 0.5) is 4.39 Å². The van der Waals surface area contributed by atoms with E-state index in [0.29, 0.717) is 30.9 Å². The molecule has 2 saturated heterocycles. The summed E-state index contributed by atoms with van der Waals surface area (Å²) in [5, 5.41) is 13.2. The second-order valence-corrected chi connectivity index (χ2v) is 12.1. The van der Waals surface area contributed by atoms with Crippen molar-refractivity contribution in [3.63, 3.8) is 0 Å². The zero-order valence-corrected chi connectivity index (χ0v) is 21.5. The average Bonchev–Trinajstić information content (AvgIpc) is 3.28. The highest BCUT2D eigenvalue weighted by Gasteiger charge is 2.61. The van der Waals surface area contributed by atoms with Crippen LogP contribution in [0.5, 0.6) is 0 Å². The quantitative estimate of drug-likeness (QED) is 0.566. The van der Waals surface area contributed by atoms with Gasteiger partial charge in [-0.05, 0) is 56.1 Å². The van der Waals surface area contributed by atoms with Crippen LogP contribution in [0.3, 0.4) is 0 Å². The molecule has 5 fully saturated rings. The molecule has 8 nitrogen and oxygen atoms in total. The maximum atomic E-state index is 15.8. The number of pyridine rings is 1. The number of carboxylic acids is 1. The Morgan fingerprint density at radius 3 is 2.79 bits per heavy atom. The van der Waals surface area contributed by atoms with Gasteiger partial charge in [-0.25, -0.2) is 9.18 Å². The van der Waals surface area contributed by atoms with Gasteiger partial charge < -0.3 is 24.8 Å². The summed E-state index contributed by atoms with van der Waals surface area (Å²) in [6.45, 7) is 0.542. The molecule has 3 aliphatic carbocycles. The van der Waals surface area contributed by atoms with E-state index < -0.39 is 36.0 Å². The van der Waals surface area contributed by atoms with Gasteiger partial charge in [-0.3, -0.25) is 9.78 Å². The van der Waals surface area contributed by atoms with Crippen molar-refractivity contribution in [3.05, 3.63) is 41.9 Å². The molecule has 11 atom stereocenters. The van der Waals surface area contributed by atoms with E-state index in [1.165, 1.54) is 19.3 Å². The van der Waals surface area contributed by atoms with Crippen molar-refractivity contribution in [1.29, 1.82) is 0 Å². The number of hydrogen-bond donors (Lipinski definition) is 2. The van der Waals surface area contributed by atoms with Gasteiger partial charge in [-0.15, -0.1) is 0 Å². The molecule has 0 bridgehead atoms. The fourth-order valence-corrected chi connectivity index (χ4v) is 8.53. The lowest BCUT2D eigenvalue weighted by molar-refractivity contribution is -0.209. The molecule has 3 aliphatic heterocycles. The lowest BCUT2D eigenvalue weighted by Gasteiger charge is -2.60. The molecule has 7 rings (SSSR count). The number of hydrogen-bond acceptors (Lipinski definition) is 7. The third-order valence-electron chi connectivity index (χ3n) is 10.2. The summed E-state index contributed by atoms with van der Waals surface area (Å²) in [5.74, 6) is -1.48. The molecule has 38 heavy (non-hydrogen) atoms. The largest absolute Gasteiger partial charge is 0.478 e.